The zero-order chi connectivity index (χ0) is 7.12. The SMILES string of the molecule is CC1(C#N)OS(=O)(=O)O1. The summed E-state index contributed by atoms with van der Waals surface area (Å²) in [7, 11) is -3.82. The average Bonchev–Trinajstić information content (AvgIpc) is 1.61. The van der Waals surface area contributed by atoms with Crippen molar-refractivity contribution in [3.63, 3.8) is 0 Å². The number of hydrogen-bond donors (Lipinski definition) is 0. The fourth-order valence-electron chi connectivity index (χ4n) is 0.433. The lowest BCUT2D eigenvalue weighted by Gasteiger charge is -2.28. The highest BCUT2D eigenvalue weighted by Crippen LogP contribution is 2.28. The van der Waals surface area contributed by atoms with E-state index >= 15 is 0 Å². The van der Waals surface area contributed by atoms with Gasteiger partial charge in [-0.25, -0.2) is 0 Å². The highest BCUT2D eigenvalue weighted by Gasteiger charge is 2.48. The van der Waals surface area contributed by atoms with Gasteiger partial charge < -0.3 is 0 Å². The van der Waals surface area contributed by atoms with Crippen molar-refractivity contribution in [1.29, 1.82) is 5.26 Å². The zero-order valence-electron chi connectivity index (χ0n) is 4.49. The molecule has 1 fully saturated rings. The Bertz CT molecular complexity index is 248. The Hall–Kier alpha value is -0.640. The maximum Gasteiger partial charge on any atom is 0.407 e. The first-order chi connectivity index (χ1) is 3.97. The molecule has 5 nitrogen and oxygen atoms in total. The molecular formula is C3H3NO4S. The summed E-state index contributed by atoms with van der Waals surface area (Å²) < 4.78 is 28.2. The van der Waals surface area contributed by atoms with Crippen LogP contribution in [-0.2, 0) is 18.8 Å². The summed E-state index contributed by atoms with van der Waals surface area (Å²) in [6.45, 7) is 1.22. The predicted octanol–water partition coefficient (Wildman–Crippen LogP) is -0.482. The molecule has 0 spiro atoms. The molecule has 0 saturated carbocycles. The molecule has 9 heavy (non-hydrogen) atoms. The van der Waals surface area contributed by atoms with Crippen molar-refractivity contribution in [2.75, 3.05) is 0 Å². The number of nitrogens with zero attached hydrogens (tertiary/aromatic N) is 1. The largest absolute Gasteiger partial charge is 0.407 e. The van der Waals surface area contributed by atoms with Crippen LogP contribution in [0.15, 0.2) is 0 Å². The topological polar surface area (TPSA) is 76.4 Å². The molecule has 0 aliphatic carbocycles. The standard InChI is InChI=1S/C3H3NO4S/c1-3(2-4)7-9(5,6)8-3/h1H3. The Morgan fingerprint density at radius 2 is 2.00 bits per heavy atom. The van der Waals surface area contributed by atoms with Crippen molar-refractivity contribution >= 4 is 10.4 Å². The molecule has 0 aromatic heterocycles. The summed E-state index contributed by atoms with van der Waals surface area (Å²) >= 11 is 0. The number of hydrogen-bond acceptors (Lipinski definition) is 5. The Morgan fingerprint density at radius 1 is 1.56 bits per heavy atom. The van der Waals surface area contributed by atoms with E-state index in [1.54, 1.807) is 0 Å². The summed E-state index contributed by atoms with van der Waals surface area (Å²) in [5.41, 5.74) is 0. The van der Waals surface area contributed by atoms with Gasteiger partial charge in [-0.05, 0) is 0 Å². The lowest BCUT2D eigenvalue weighted by atomic mass is 10.4. The quantitative estimate of drug-likeness (QED) is 0.464. The lowest BCUT2D eigenvalue weighted by molar-refractivity contribution is -0.127. The third-order valence-electron chi connectivity index (χ3n) is 0.725. The summed E-state index contributed by atoms with van der Waals surface area (Å²) in [5, 5.41) is 8.11. The highest BCUT2D eigenvalue weighted by atomic mass is 32.3. The van der Waals surface area contributed by atoms with Gasteiger partial charge in [0, 0.05) is 6.92 Å². The maximum atomic E-state index is 10.1. The van der Waals surface area contributed by atoms with Gasteiger partial charge >= 0.3 is 10.4 Å². The van der Waals surface area contributed by atoms with E-state index in [-0.39, 0.29) is 0 Å². The molecule has 0 unspecified atom stereocenters. The molecule has 1 saturated heterocycles. The van der Waals surface area contributed by atoms with Crippen LogP contribution in [0.5, 0.6) is 0 Å². The molecule has 0 aromatic carbocycles. The van der Waals surface area contributed by atoms with Gasteiger partial charge in [-0.3, -0.25) is 0 Å². The molecular weight excluding hydrogens is 146 g/mol. The lowest BCUT2D eigenvalue weighted by Crippen LogP contribution is -2.46. The first kappa shape index (κ1) is 6.48. The van der Waals surface area contributed by atoms with Gasteiger partial charge in [0.25, 0.3) is 5.79 Å². The Morgan fingerprint density at radius 3 is 2.11 bits per heavy atom. The van der Waals surface area contributed by atoms with Gasteiger partial charge in [-0.2, -0.15) is 22.0 Å². The molecule has 50 valence electrons. The molecule has 0 amide bonds. The molecule has 1 aliphatic heterocycles. The van der Waals surface area contributed by atoms with Gasteiger partial charge in [0.2, 0.25) is 0 Å². The van der Waals surface area contributed by atoms with Crippen molar-refractivity contribution in [2.24, 2.45) is 0 Å². The van der Waals surface area contributed by atoms with Gasteiger partial charge in [0.1, 0.15) is 6.07 Å². The summed E-state index contributed by atoms with van der Waals surface area (Å²) in [6, 6.07) is 1.51. The van der Waals surface area contributed by atoms with Gasteiger partial charge in [-0.15, -0.1) is 0 Å². The van der Waals surface area contributed by atoms with Crippen LogP contribution in [0.1, 0.15) is 6.92 Å². The summed E-state index contributed by atoms with van der Waals surface area (Å²) in [6.07, 6.45) is 0. The second-order valence-corrected chi connectivity index (χ2v) is 2.78. The van der Waals surface area contributed by atoms with E-state index in [1.165, 1.54) is 13.0 Å². The third-order valence-corrected chi connectivity index (χ3v) is 1.77. The Kier molecular flexibility index (Phi) is 1.04. The average molecular weight is 149 g/mol. The highest BCUT2D eigenvalue weighted by molar-refractivity contribution is 7.82. The van der Waals surface area contributed by atoms with Crippen molar-refractivity contribution in [2.45, 2.75) is 12.7 Å². The van der Waals surface area contributed by atoms with Crippen LogP contribution in [0.3, 0.4) is 0 Å². The van der Waals surface area contributed by atoms with Crippen LogP contribution >= 0.6 is 0 Å². The van der Waals surface area contributed by atoms with Crippen LogP contribution in [0.25, 0.3) is 0 Å². The van der Waals surface area contributed by atoms with Crippen molar-refractivity contribution in [3.05, 3.63) is 0 Å². The van der Waals surface area contributed by atoms with E-state index in [4.69, 9.17) is 5.26 Å². The van der Waals surface area contributed by atoms with Crippen LogP contribution in [0.2, 0.25) is 0 Å². The van der Waals surface area contributed by atoms with E-state index in [0.29, 0.717) is 0 Å². The minimum Gasteiger partial charge on any atom is -0.198 e. The van der Waals surface area contributed by atoms with E-state index in [2.05, 4.69) is 8.37 Å². The smallest absolute Gasteiger partial charge is 0.198 e. The maximum absolute atomic E-state index is 10.1. The van der Waals surface area contributed by atoms with Gasteiger partial charge in [0.05, 0.1) is 0 Å². The minimum absolute atomic E-state index is 1.22. The molecule has 0 N–H and O–H groups in total. The first-order valence-corrected chi connectivity index (χ1v) is 3.38. The second-order valence-electron chi connectivity index (χ2n) is 1.63. The van der Waals surface area contributed by atoms with Crippen molar-refractivity contribution in [1.82, 2.24) is 0 Å². The molecule has 0 aromatic rings. The van der Waals surface area contributed by atoms with Gasteiger partial charge in [0.15, 0.2) is 0 Å². The normalized spacial score (nSPS) is 28.0. The van der Waals surface area contributed by atoms with Crippen molar-refractivity contribution in [3.8, 4) is 6.07 Å². The van der Waals surface area contributed by atoms with E-state index in [9.17, 15) is 8.42 Å². The van der Waals surface area contributed by atoms with Crippen molar-refractivity contribution < 1.29 is 16.8 Å². The third kappa shape index (κ3) is 1.03. The molecule has 6 heteroatoms. The Balaban J connectivity index is 2.76. The van der Waals surface area contributed by atoms with Crippen LogP contribution in [0, 0.1) is 11.3 Å². The first-order valence-electron chi connectivity index (χ1n) is 2.05. The minimum atomic E-state index is -3.82. The Labute approximate surface area is 52.1 Å². The molecule has 0 bridgehead atoms. The summed E-state index contributed by atoms with van der Waals surface area (Å²) in [4.78, 5) is 0. The fourth-order valence-corrected chi connectivity index (χ4v) is 1.30. The zero-order valence-corrected chi connectivity index (χ0v) is 5.30. The van der Waals surface area contributed by atoms with Crippen LogP contribution in [-0.4, -0.2) is 14.2 Å². The summed E-state index contributed by atoms with van der Waals surface area (Å²) in [5.74, 6) is -1.58. The van der Waals surface area contributed by atoms with E-state index < -0.39 is 16.2 Å². The number of nitriles is 1. The predicted molar refractivity (Wildman–Crippen MR) is 25.1 cm³/mol. The molecule has 1 aliphatic rings. The molecule has 0 radical (unpaired) electrons. The monoisotopic (exact) mass is 149 g/mol. The molecule has 1 rings (SSSR count). The molecule has 1 heterocycles. The van der Waals surface area contributed by atoms with Crippen LogP contribution in [0.4, 0.5) is 0 Å². The number of rotatable bonds is 0. The van der Waals surface area contributed by atoms with Gasteiger partial charge in [-0.1, -0.05) is 0 Å². The van der Waals surface area contributed by atoms with Crippen LogP contribution < -0.4 is 0 Å². The molecule has 0 atom stereocenters. The fraction of sp³-hybridized carbons (Fsp3) is 0.667. The van der Waals surface area contributed by atoms with E-state index in [1.807, 2.05) is 0 Å². The second kappa shape index (κ2) is 1.44. The van der Waals surface area contributed by atoms with E-state index in [0.717, 1.165) is 0 Å².